The molecule has 0 unspecified atom stereocenters. The molecule has 14 heavy (non-hydrogen) atoms. The quantitative estimate of drug-likeness (QED) is 0.612. The fraction of sp³-hybridized carbons (Fsp3) is 0.385. The lowest BCUT2D eigenvalue weighted by atomic mass is 10.0. The van der Waals surface area contributed by atoms with Crippen LogP contribution in [0.25, 0.3) is 10.1 Å². The molecule has 2 rings (SSSR count). The third-order valence-electron chi connectivity index (χ3n) is 2.13. The van der Waals surface area contributed by atoms with Gasteiger partial charge in [-0.25, -0.2) is 0 Å². The van der Waals surface area contributed by atoms with E-state index < -0.39 is 0 Å². The molecule has 0 aliphatic carbocycles. The van der Waals surface area contributed by atoms with Gasteiger partial charge in [0.1, 0.15) is 0 Å². The van der Waals surface area contributed by atoms with E-state index in [4.69, 9.17) is 0 Å². The molecule has 0 nitrogen and oxygen atoms in total. The van der Waals surface area contributed by atoms with E-state index in [1.807, 2.05) is 25.2 Å². The molecule has 0 aliphatic rings. The second-order valence-electron chi connectivity index (χ2n) is 3.34. The van der Waals surface area contributed by atoms with Crippen molar-refractivity contribution < 1.29 is 0 Å². The van der Waals surface area contributed by atoms with Crippen LogP contribution in [0.1, 0.15) is 39.2 Å². The summed E-state index contributed by atoms with van der Waals surface area (Å²) >= 11 is 1.84. The highest BCUT2D eigenvalue weighted by Crippen LogP contribution is 2.30. The Morgan fingerprint density at radius 1 is 1.07 bits per heavy atom. The Morgan fingerprint density at radius 2 is 1.71 bits per heavy atom. The zero-order valence-corrected chi connectivity index (χ0v) is 10.2. The molecule has 0 radical (unpaired) electrons. The van der Waals surface area contributed by atoms with E-state index in [1.165, 1.54) is 15.6 Å². The lowest BCUT2D eigenvalue weighted by molar-refractivity contribution is 0.880. The summed E-state index contributed by atoms with van der Waals surface area (Å²) in [5.41, 5.74) is 1.48. The van der Waals surface area contributed by atoms with Gasteiger partial charge >= 0.3 is 0 Å². The van der Waals surface area contributed by atoms with Gasteiger partial charge in [-0.3, -0.25) is 0 Å². The van der Waals surface area contributed by atoms with Crippen molar-refractivity contribution in [2.24, 2.45) is 0 Å². The van der Waals surface area contributed by atoms with E-state index in [2.05, 4.69) is 43.5 Å². The summed E-state index contributed by atoms with van der Waals surface area (Å²) in [6.45, 7) is 8.49. The maximum Gasteiger partial charge on any atom is 0.0345 e. The van der Waals surface area contributed by atoms with Crippen molar-refractivity contribution in [1.29, 1.82) is 0 Å². The predicted octanol–water partition coefficient (Wildman–Crippen LogP) is 5.05. The molecule has 0 N–H and O–H groups in total. The Kier molecular flexibility index (Phi) is 4.15. The minimum Gasteiger partial charge on any atom is -0.144 e. The molecule has 1 heterocycles. The highest BCUT2D eigenvalue weighted by atomic mass is 32.1. The van der Waals surface area contributed by atoms with Crippen LogP contribution in [0.3, 0.4) is 0 Å². The van der Waals surface area contributed by atoms with E-state index in [9.17, 15) is 0 Å². The largest absolute Gasteiger partial charge is 0.144 e. The molecule has 76 valence electrons. The first-order chi connectivity index (χ1) is 6.79. The van der Waals surface area contributed by atoms with Crippen molar-refractivity contribution in [3.8, 4) is 0 Å². The SMILES string of the molecule is CC.CC(C)c1csc2ccccc12. The monoisotopic (exact) mass is 206 g/mol. The highest BCUT2D eigenvalue weighted by Gasteiger charge is 2.05. The first-order valence-corrected chi connectivity index (χ1v) is 6.13. The van der Waals surface area contributed by atoms with Gasteiger partial charge in [0.15, 0.2) is 0 Å². The first kappa shape index (κ1) is 11.3. The van der Waals surface area contributed by atoms with Gasteiger partial charge in [0.25, 0.3) is 0 Å². The van der Waals surface area contributed by atoms with Crippen molar-refractivity contribution in [2.75, 3.05) is 0 Å². The second kappa shape index (κ2) is 5.16. The van der Waals surface area contributed by atoms with Gasteiger partial charge in [-0.15, -0.1) is 11.3 Å². The number of thiophene rings is 1. The van der Waals surface area contributed by atoms with Crippen LogP contribution in [-0.2, 0) is 0 Å². The summed E-state index contributed by atoms with van der Waals surface area (Å²) in [4.78, 5) is 0. The minimum absolute atomic E-state index is 0.640. The standard InChI is InChI=1S/C11H12S.C2H6/c1-8(2)10-7-12-11-6-4-3-5-9(10)11;1-2/h3-8H,1-2H3;1-2H3. The summed E-state index contributed by atoms with van der Waals surface area (Å²) < 4.78 is 1.40. The van der Waals surface area contributed by atoms with Crippen molar-refractivity contribution in [1.82, 2.24) is 0 Å². The van der Waals surface area contributed by atoms with Gasteiger partial charge in [-0.1, -0.05) is 45.9 Å². The third kappa shape index (κ3) is 2.16. The van der Waals surface area contributed by atoms with Crippen LogP contribution in [0.5, 0.6) is 0 Å². The normalized spacial score (nSPS) is 10.1. The van der Waals surface area contributed by atoms with Crippen LogP contribution < -0.4 is 0 Å². The molecule has 1 aromatic heterocycles. The summed E-state index contributed by atoms with van der Waals surface area (Å²) in [6, 6.07) is 8.61. The molecule has 0 saturated heterocycles. The van der Waals surface area contributed by atoms with Crippen molar-refractivity contribution in [3.63, 3.8) is 0 Å². The second-order valence-corrected chi connectivity index (χ2v) is 4.25. The number of fused-ring (bicyclic) bond motifs is 1. The van der Waals surface area contributed by atoms with Crippen LogP contribution in [0.15, 0.2) is 29.6 Å². The Hall–Kier alpha value is -0.820. The van der Waals surface area contributed by atoms with E-state index >= 15 is 0 Å². The average molecular weight is 206 g/mol. The van der Waals surface area contributed by atoms with E-state index in [0.717, 1.165) is 0 Å². The summed E-state index contributed by atoms with van der Waals surface area (Å²) in [7, 11) is 0. The Balaban J connectivity index is 0.000000461. The zero-order valence-electron chi connectivity index (χ0n) is 9.37. The van der Waals surface area contributed by atoms with Gasteiger partial charge in [0.05, 0.1) is 0 Å². The molecule has 0 atom stereocenters. The molecular weight excluding hydrogens is 188 g/mol. The van der Waals surface area contributed by atoms with Crippen molar-refractivity contribution in [2.45, 2.75) is 33.6 Å². The third-order valence-corrected chi connectivity index (χ3v) is 3.11. The molecule has 1 heteroatoms. The lowest BCUT2D eigenvalue weighted by Gasteiger charge is -2.01. The summed E-state index contributed by atoms with van der Waals surface area (Å²) in [5.74, 6) is 0.640. The number of benzene rings is 1. The lowest BCUT2D eigenvalue weighted by Crippen LogP contribution is -1.82. The smallest absolute Gasteiger partial charge is 0.0345 e. The molecule has 0 aliphatic heterocycles. The van der Waals surface area contributed by atoms with E-state index in [-0.39, 0.29) is 0 Å². The Bertz CT molecular complexity index is 385. The van der Waals surface area contributed by atoms with Gasteiger partial charge in [0, 0.05) is 4.70 Å². The van der Waals surface area contributed by atoms with E-state index in [1.54, 1.807) is 0 Å². The molecule has 2 aromatic rings. The fourth-order valence-electron chi connectivity index (χ4n) is 1.45. The maximum absolute atomic E-state index is 2.27. The highest BCUT2D eigenvalue weighted by molar-refractivity contribution is 7.17. The molecule has 0 fully saturated rings. The first-order valence-electron chi connectivity index (χ1n) is 5.25. The van der Waals surface area contributed by atoms with E-state index in [0.29, 0.717) is 5.92 Å². The fourth-order valence-corrected chi connectivity index (χ4v) is 2.57. The van der Waals surface area contributed by atoms with Gasteiger partial charge in [-0.05, 0) is 28.3 Å². The van der Waals surface area contributed by atoms with Crippen LogP contribution in [0.4, 0.5) is 0 Å². The van der Waals surface area contributed by atoms with Crippen LogP contribution in [0, 0.1) is 0 Å². The van der Waals surface area contributed by atoms with Gasteiger partial charge in [-0.2, -0.15) is 0 Å². The zero-order chi connectivity index (χ0) is 10.6. The van der Waals surface area contributed by atoms with Crippen molar-refractivity contribution in [3.05, 3.63) is 35.2 Å². The predicted molar refractivity (Wildman–Crippen MR) is 67.3 cm³/mol. The summed E-state index contributed by atoms with van der Waals surface area (Å²) in [5, 5.41) is 3.70. The number of hydrogen-bond acceptors (Lipinski definition) is 1. The summed E-state index contributed by atoms with van der Waals surface area (Å²) in [6.07, 6.45) is 0. The minimum atomic E-state index is 0.640. The maximum atomic E-state index is 2.27. The molecular formula is C13H18S. The van der Waals surface area contributed by atoms with Crippen LogP contribution >= 0.6 is 11.3 Å². The molecule has 0 bridgehead atoms. The molecule has 0 spiro atoms. The topological polar surface area (TPSA) is 0 Å². The molecule has 0 saturated carbocycles. The van der Waals surface area contributed by atoms with Gasteiger partial charge in [0.2, 0.25) is 0 Å². The Labute approximate surface area is 90.6 Å². The molecule has 1 aromatic carbocycles. The average Bonchev–Trinajstić information content (AvgIpc) is 2.64. The molecule has 0 amide bonds. The number of hydrogen-bond donors (Lipinski definition) is 0. The van der Waals surface area contributed by atoms with Gasteiger partial charge < -0.3 is 0 Å². The van der Waals surface area contributed by atoms with Crippen LogP contribution in [-0.4, -0.2) is 0 Å². The van der Waals surface area contributed by atoms with Crippen LogP contribution in [0.2, 0.25) is 0 Å². The van der Waals surface area contributed by atoms with Crippen molar-refractivity contribution >= 4 is 21.4 Å². The Morgan fingerprint density at radius 3 is 2.36 bits per heavy atom. The number of rotatable bonds is 1.